The van der Waals surface area contributed by atoms with E-state index in [4.69, 9.17) is 0 Å². The van der Waals surface area contributed by atoms with Crippen LogP contribution in [-0.2, 0) is 6.54 Å². The summed E-state index contributed by atoms with van der Waals surface area (Å²) in [5.41, 5.74) is 2.40. The van der Waals surface area contributed by atoms with Gasteiger partial charge in [0.2, 0.25) is 0 Å². The van der Waals surface area contributed by atoms with E-state index in [0.717, 1.165) is 12.1 Å². The maximum absolute atomic E-state index is 13.0. The fraction of sp³-hybridized carbons (Fsp3) is 0.333. The van der Waals surface area contributed by atoms with Crippen LogP contribution in [0.5, 0.6) is 0 Å². The maximum atomic E-state index is 13.0. The first-order valence-corrected chi connectivity index (χ1v) is 7.28. The van der Waals surface area contributed by atoms with Crippen LogP contribution in [0, 0.1) is 5.82 Å². The van der Waals surface area contributed by atoms with E-state index in [-0.39, 0.29) is 11.9 Å². The molecule has 0 saturated carbocycles. The molecule has 0 saturated heterocycles. The summed E-state index contributed by atoms with van der Waals surface area (Å²) in [4.78, 5) is 2.28. The molecule has 0 aliphatic heterocycles. The van der Waals surface area contributed by atoms with Crippen LogP contribution in [0.25, 0.3) is 0 Å². The van der Waals surface area contributed by atoms with E-state index < -0.39 is 0 Å². The van der Waals surface area contributed by atoms with Gasteiger partial charge in [-0.25, -0.2) is 4.39 Å². The maximum Gasteiger partial charge on any atom is 0.123 e. The second-order valence-electron chi connectivity index (χ2n) is 5.46. The summed E-state index contributed by atoms with van der Waals surface area (Å²) in [5, 5.41) is 3.39. The highest BCUT2D eigenvalue weighted by Gasteiger charge is 2.21. The minimum absolute atomic E-state index is 0.188. The fourth-order valence-electron chi connectivity index (χ4n) is 2.62. The molecule has 0 bridgehead atoms. The molecule has 0 radical (unpaired) electrons. The molecule has 2 atom stereocenters. The number of nitrogens with zero attached hydrogens (tertiary/aromatic N) is 1. The van der Waals surface area contributed by atoms with E-state index in [1.807, 2.05) is 25.2 Å². The predicted molar refractivity (Wildman–Crippen MR) is 85.6 cm³/mol. The van der Waals surface area contributed by atoms with Gasteiger partial charge in [-0.1, -0.05) is 42.5 Å². The Labute approximate surface area is 126 Å². The van der Waals surface area contributed by atoms with E-state index in [9.17, 15) is 4.39 Å². The Morgan fingerprint density at radius 2 is 1.67 bits per heavy atom. The average Bonchev–Trinajstić information content (AvgIpc) is 2.51. The highest BCUT2D eigenvalue weighted by atomic mass is 19.1. The number of benzene rings is 2. The Bertz CT molecular complexity index is 539. The van der Waals surface area contributed by atoms with Gasteiger partial charge in [0.25, 0.3) is 0 Å². The van der Waals surface area contributed by atoms with Crippen molar-refractivity contribution >= 4 is 0 Å². The highest BCUT2D eigenvalue weighted by Crippen LogP contribution is 2.21. The summed E-state index contributed by atoms with van der Waals surface area (Å²) in [6.45, 7) is 3.00. The molecule has 2 aromatic carbocycles. The first kappa shape index (κ1) is 15.7. The quantitative estimate of drug-likeness (QED) is 0.872. The molecule has 0 spiro atoms. The lowest BCUT2D eigenvalue weighted by molar-refractivity contribution is 0.204. The first-order valence-electron chi connectivity index (χ1n) is 7.28. The van der Waals surface area contributed by atoms with Gasteiger partial charge in [-0.3, -0.25) is 4.90 Å². The molecule has 0 heterocycles. The van der Waals surface area contributed by atoms with Crippen molar-refractivity contribution < 1.29 is 4.39 Å². The zero-order chi connectivity index (χ0) is 15.2. The first-order chi connectivity index (χ1) is 10.1. The van der Waals surface area contributed by atoms with Crippen LogP contribution in [0.4, 0.5) is 4.39 Å². The van der Waals surface area contributed by atoms with Crippen molar-refractivity contribution in [3.63, 3.8) is 0 Å². The Kier molecular flexibility index (Phi) is 5.48. The van der Waals surface area contributed by atoms with Gasteiger partial charge >= 0.3 is 0 Å². The molecule has 0 fully saturated rings. The molecule has 0 aliphatic rings. The summed E-state index contributed by atoms with van der Waals surface area (Å²) in [6, 6.07) is 17.7. The molecule has 0 aromatic heterocycles. The summed E-state index contributed by atoms with van der Waals surface area (Å²) in [5.74, 6) is -0.188. The molecule has 0 aliphatic carbocycles. The van der Waals surface area contributed by atoms with Crippen LogP contribution < -0.4 is 5.32 Å². The summed E-state index contributed by atoms with van der Waals surface area (Å²) in [7, 11) is 4.08. The predicted octanol–water partition coefficient (Wildman–Crippen LogP) is 3.61. The minimum atomic E-state index is -0.188. The lowest BCUT2D eigenvalue weighted by Gasteiger charge is -2.32. The highest BCUT2D eigenvalue weighted by molar-refractivity contribution is 5.21. The Balaban J connectivity index is 2.06. The fourth-order valence-corrected chi connectivity index (χ4v) is 2.62. The second kappa shape index (κ2) is 7.34. The van der Waals surface area contributed by atoms with Crippen molar-refractivity contribution in [3.8, 4) is 0 Å². The second-order valence-corrected chi connectivity index (χ2v) is 5.46. The van der Waals surface area contributed by atoms with Crippen molar-refractivity contribution in [1.82, 2.24) is 10.2 Å². The van der Waals surface area contributed by atoms with Gasteiger partial charge in [-0.15, -0.1) is 0 Å². The molecule has 3 heteroatoms. The van der Waals surface area contributed by atoms with Gasteiger partial charge in [0.05, 0.1) is 0 Å². The molecular weight excluding hydrogens is 263 g/mol. The normalized spacial score (nSPS) is 14.1. The van der Waals surface area contributed by atoms with Gasteiger partial charge in [0.15, 0.2) is 0 Å². The monoisotopic (exact) mass is 286 g/mol. The van der Waals surface area contributed by atoms with Crippen molar-refractivity contribution in [2.24, 2.45) is 0 Å². The largest absolute Gasteiger partial charge is 0.312 e. The van der Waals surface area contributed by atoms with Crippen LogP contribution in [0.15, 0.2) is 54.6 Å². The molecule has 1 N–H and O–H groups in total. The van der Waals surface area contributed by atoms with E-state index in [0.29, 0.717) is 6.04 Å². The average molecular weight is 286 g/mol. The molecule has 0 amide bonds. The zero-order valence-electron chi connectivity index (χ0n) is 12.9. The van der Waals surface area contributed by atoms with Crippen LogP contribution in [0.3, 0.4) is 0 Å². The van der Waals surface area contributed by atoms with Gasteiger partial charge in [-0.2, -0.15) is 0 Å². The summed E-state index contributed by atoms with van der Waals surface area (Å²) < 4.78 is 13.0. The van der Waals surface area contributed by atoms with E-state index in [2.05, 4.69) is 48.5 Å². The lowest BCUT2D eigenvalue weighted by Crippen LogP contribution is -2.39. The lowest BCUT2D eigenvalue weighted by atomic mass is 9.99. The van der Waals surface area contributed by atoms with Crippen molar-refractivity contribution in [3.05, 3.63) is 71.5 Å². The third-order valence-corrected chi connectivity index (χ3v) is 3.99. The topological polar surface area (TPSA) is 15.3 Å². The number of nitrogens with one attached hydrogen (secondary N) is 1. The SMILES string of the molecule is CNC(c1ccccc1)C(C)N(C)Cc1ccc(F)cc1. The van der Waals surface area contributed by atoms with Gasteiger partial charge < -0.3 is 5.32 Å². The number of halogens is 1. The Hall–Kier alpha value is -1.71. The summed E-state index contributed by atoms with van der Waals surface area (Å²) >= 11 is 0. The van der Waals surface area contributed by atoms with Crippen LogP contribution in [0.2, 0.25) is 0 Å². The molecule has 21 heavy (non-hydrogen) atoms. The van der Waals surface area contributed by atoms with E-state index >= 15 is 0 Å². The molecule has 112 valence electrons. The molecule has 2 rings (SSSR count). The number of likely N-dealkylation sites (N-methyl/N-ethyl adjacent to an activating group) is 2. The van der Waals surface area contributed by atoms with E-state index in [1.165, 1.54) is 17.7 Å². The third-order valence-electron chi connectivity index (χ3n) is 3.99. The number of hydrogen-bond donors (Lipinski definition) is 1. The van der Waals surface area contributed by atoms with Gasteiger partial charge in [-0.05, 0) is 44.3 Å². The number of rotatable bonds is 6. The molecule has 2 aromatic rings. The smallest absolute Gasteiger partial charge is 0.123 e. The van der Waals surface area contributed by atoms with Gasteiger partial charge in [0, 0.05) is 18.6 Å². The minimum Gasteiger partial charge on any atom is -0.312 e. The number of hydrogen-bond acceptors (Lipinski definition) is 2. The Morgan fingerprint density at radius 1 is 1.05 bits per heavy atom. The zero-order valence-corrected chi connectivity index (χ0v) is 12.9. The molecule has 2 nitrogen and oxygen atoms in total. The standard InChI is InChI=1S/C18H23FN2/c1-14(18(20-2)16-7-5-4-6-8-16)21(3)13-15-9-11-17(19)12-10-15/h4-12,14,18,20H,13H2,1-3H3. The van der Waals surface area contributed by atoms with Crippen molar-refractivity contribution in [2.75, 3.05) is 14.1 Å². The summed E-state index contributed by atoms with van der Waals surface area (Å²) in [6.07, 6.45) is 0. The van der Waals surface area contributed by atoms with E-state index in [1.54, 1.807) is 0 Å². The van der Waals surface area contributed by atoms with Crippen molar-refractivity contribution in [1.29, 1.82) is 0 Å². The van der Waals surface area contributed by atoms with Crippen LogP contribution >= 0.6 is 0 Å². The van der Waals surface area contributed by atoms with Gasteiger partial charge in [0.1, 0.15) is 5.82 Å². The molecule has 2 unspecified atom stereocenters. The van der Waals surface area contributed by atoms with Crippen molar-refractivity contribution in [2.45, 2.75) is 25.6 Å². The van der Waals surface area contributed by atoms with Crippen LogP contribution in [0.1, 0.15) is 24.1 Å². The third kappa shape index (κ3) is 4.13. The van der Waals surface area contributed by atoms with Crippen LogP contribution in [-0.4, -0.2) is 25.0 Å². The molecular formula is C18H23FN2. The Morgan fingerprint density at radius 3 is 2.24 bits per heavy atom.